The number of methoxy groups -OCH3 is 2. The molecule has 0 bridgehead atoms. The summed E-state index contributed by atoms with van der Waals surface area (Å²) >= 11 is 1.30. The first-order valence-electron chi connectivity index (χ1n) is 9.23. The number of rotatable bonds is 9. The third kappa shape index (κ3) is 5.51. The Balaban J connectivity index is 1.57. The molecule has 3 rings (SSSR count). The average molecular weight is 413 g/mol. The van der Waals surface area contributed by atoms with Gasteiger partial charge in [-0.15, -0.1) is 5.10 Å². The maximum atomic E-state index is 12.4. The number of H-pyrrole nitrogens is 1. The monoisotopic (exact) mass is 412 g/mol. The van der Waals surface area contributed by atoms with Crippen molar-refractivity contribution in [3.63, 3.8) is 0 Å². The lowest BCUT2D eigenvalue weighted by atomic mass is 10.1. The van der Waals surface area contributed by atoms with Crippen molar-refractivity contribution >= 4 is 17.7 Å². The average Bonchev–Trinajstić information content (AvgIpc) is 3.22. The number of ether oxygens (including phenoxy) is 2. The van der Waals surface area contributed by atoms with Crippen LogP contribution in [-0.2, 0) is 11.2 Å². The lowest BCUT2D eigenvalue weighted by Crippen LogP contribution is -2.32. The van der Waals surface area contributed by atoms with E-state index in [1.165, 1.54) is 17.3 Å². The molecule has 1 atom stereocenters. The molecule has 29 heavy (non-hydrogen) atoms. The van der Waals surface area contributed by atoms with Gasteiger partial charge in [0, 0.05) is 12.6 Å². The Labute approximate surface area is 174 Å². The van der Waals surface area contributed by atoms with E-state index in [2.05, 4.69) is 20.5 Å². The van der Waals surface area contributed by atoms with Gasteiger partial charge in [0.25, 0.3) is 0 Å². The molecular weight excluding hydrogens is 388 g/mol. The minimum atomic E-state index is -0.313. The van der Waals surface area contributed by atoms with E-state index >= 15 is 0 Å². The largest absolute Gasteiger partial charge is 0.497 e. The van der Waals surface area contributed by atoms with Gasteiger partial charge in [-0.25, -0.2) is 4.98 Å². The molecular formula is C21H24N4O3S. The summed E-state index contributed by atoms with van der Waals surface area (Å²) in [5.41, 5.74) is 1.97. The van der Waals surface area contributed by atoms with Gasteiger partial charge in [0.1, 0.15) is 11.5 Å². The molecule has 3 aromatic rings. The summed E-state index contributed by atoms with van der Waals surface area (Å²) in [4.78, 5) is 16.8. The summed E-state index contributed by atoms with van der Waals surface area (Å²) in [5, 5.41) is 10.3. The first kappa shape index (κ1) is 20.7. The highest BCUT2D eigenvalue weighted by Crippen LogP contribution is 2.32. The number of carbonyl (C=O) groups is 1. The Morgan fingerprint density at radius 2 is 1.97 bits per heavy atom. The predicted molar refractivity (Wildman–Crippen MR) is 113 cm³/mol. The number of carbonyl (C=O) groups excluding carboxylic acids is 1. The minimum absolute atomic E-state index is 0.0423. The number of thioether (sulfide) groups is 1. The van der Waals surface area contributed by atoms with Crippen LogP contribution in [0.3, 0.4) is 0 Å². The van der Waals surface area contributed by atoms with Crippen molar-refractivity contribution in [2.75, 3.05) is 20.8 Å². The fourth-order valence-electron chi connectivity index (χ4n) is 2.74. The van der Waals surface area contributed by atoms with E-state index in [9.17, 15) is 4.79 Å². The van der Waals surface area contributed by atoms with Crippen molar-refractivity contribution in [2.45, 2.75) is 23.8 Å². The van der Waals surface area contributed by atoms with Gasteiger partial charge in [-0.05, 0) is 31.0 Å². The van der Waals surface area contributed by atoms with Crippen molar-refractivity contribution in [2.24, 2.45) is 0 Å². The summed E-state index contributed by atoms with van der Waals surface area (Å²) in [6.45, 7) is 2.43. The number of hydrogen-bond acceptors (Lipinski definition) is 6. The number of nitrogens with zero attached hydrogens (tertiary/aromatic N) is 2. The zero-order valence-corrected chi connectivity index (χ0v) is 17.5. The van der Waals surface area contributed by atoms with E-state index in [0.717, 1.165) is 12.0 Å². The van der Waals surface area contributed by atoms with Crippen LogP contribution in [0.4, 0.5) is 0 Å². The second-order valence-corrected chi connectivity index (χ2v) is 7.63. The second kappa shape index (κ2) is 9.97. The number of nitrogens with one attached hydrogen (secondary N) is 2. The molecule has 1 aromatic heterocycles. The number of benzene rings is 2. The number of aromatic amines is 1. The lowest BCUT2D eigenvalue weighted by molar-refractivity contribution is -0.120. The zero-order chi connectivity index (χ0) is 20.6. The maximum Gasteiger partial charge on any atom is 0.233 e. The van der Waals surface area contributed by atoms with Crippen LogP contribution in [0.5, 0.6) is 11.5 Å². The molecule has 7 nitrogen and oxygen atoms in total. The SMILES string of the molecule is COc1ccc(-c2nc(SC(C)C(=O)NCCc3ccccc3)n[nH]2)c(OC)c1. The van der Waals surface area contributed by atoms with Crippen LogP contribution in [0.2, 0.25) is 0 Å². The van der Waals surface area contributed by atoms with Crippen LogP contribution >= 0.6 is 11.8 Å². The second-order valence-electron chi connectivity index (χ2n) is 6.32. The standard InChI is InChI=1S/C21H24N4O3S/c1-14(20(26)22-12-11-15-7-5-4-6-8-15)29-21-23-19(24-25-21)17-10-9-16(27-2)13-18(17)28-3/h4-10,13-14H,11-12H2,1-3H3,(H,22,26)(H,23,24,25). The molecule has 1 unspecified atom stereocenters. The summed E-state index contributed by atoms with van der Waals surface area (Å²) in [5.74, 6) is 1.85. The highest BCUT2D eigenvalue weighted by atomic mass is 32.2. The Bertz CT molecular complexity index is 946. The van der Waals surface area contributed by atoms with Gasteiger partial charge in [-0.1, -0.05) is 42.1 Å². The van der Waals surface area contributed by atoms with Gasteiger partial charge in [-0.2, -0.15) is 0 Å². The van der Waals surface area contributed by atoms with Crippen molar-refractivity contribution in [3.8, 4) is 22.9 Å². The van der Waals surface area contributed by atoms with E-state index in [1.807, 2.05) is 49.4 Å². The van der Waals surface area contributed by atoms with Crippen molar-refractivity contribution in [3.05, 3.63) is 54.1 Å². The summed E-state index contributed by atoms with van der Waals surface area (Å²) < 4.78 is 10.6. The molecule has 2 N–H and O–H groups in total. The number of aromatic nitrogens is 3. The van der Waals surface area contributed by atoms with Crippen LogP contribution in [-0.4, -0.2) is 47.1 Å². The predicted octanol–water partition coefficient (Wildman–Crippen LogP) is 3.33. The number of hydrogen-bond donors (Lipinski definition) is 2. The molecule has 2 aromatic carbocycles. The van der Waals surface area contributed by atoms with Crippen molar-refractivity contribution in [1.82, 2.24) is 20.5 Å². The Kier molecular flexibility index (Phi) is 7.13. The molecule has 0 aliphatic heterocycles. The zero-order valence-electron chi connectivity index (χ0n) is 16.6. The Morgan fingerprint density at radius 3 is 2.69 bits per heavy atom. The molecule has 8 heteroatoms. The Morgan fingerprint density at radius 1 is 1.17 bits per heavy atom. The third-order valence-corrected chi connectivity index (χ3v) is 5.30. The van der Waals surface area contributed by atoms with Crippen molar-refractivity contribution < 1.29 is 14.3 Å². The Hall–Kier alpha value is -3.00. The molecule has 0 aliphatic rings. The topological polar surface area (TPSA) is 89.1 Å². The molecule has 1 amide bonds. The van der Waals surface area contributed by atoms with Crippen LogP contribution in [0, 0.1) is 0 Å². The summed E-state index contributed by atoms with van der Waals surface area (Å²) in [6.07, 6.45) is 0.798. The fraction of sp³-hybridized carbons (Fsp3) is 0.286. The van der Waals surface area contributed by atoms with E-state index in [4.69, 9.17) is 9.47 Å². The van der Waals surface area contributed by atoms with Crippen LogP contribution in [0.1, 0.15) is 12.5 Å². The first-order valence-corrected chi connectivity index (χ1v) is 10.1. The van der Waals surface area contributed by atoms with E-state index in [1.54, 1.807) is 20.3 Å². The number of amides is 1. The lowest BCUT2D eigenvalue weighted by Gasteiger charge is -2.10. The molecule has 0 saturated carbocycles. The first-order chi connectivity index (χ1) is 14.1. The van der Waals surface area contributed by atoms with Crippen LogP contribution < -0.4 is 14.8 Å². The van der Waals surface area contributed by atoms with E-state index in [0.29, 0.717) is 29.0 Å². The van der Waals surface area contributed by atoms with E-state index in [-0.39, 0.29) is 11.2 Å². The molecule has 152 valence electrons. The fourth-order valence-corrected chi connectivity index (χ4v) is 3.49. The summed E-state index contributed by atoms with van der Waals surface area (Å²) in [7, 11) is 3.19. The molecule has 0 aliphatic carbocycles. The van der Waals surface area contributed by atoms with Crippen LogP contribution in [0.25, 0.3) is 11.4 Å². The normalized spacial score (nSPS) is 11.7. The molecule has 0 saturated heterocycles. The summed E-state index contributed by atoms with van der Waals surface area (Å²) in [6, 6.07) is 15.5. The smallest absolute Gasteiger partial charge is 0.233 e. The van der Waals surface area contributed by atoms with Gasteiger partial charge < -0.3 is 14.8 Å². The minimum Gasteiger partial charge on any atom is -0.497 e. The molecule has 0 fully saturated rings. The van der Waals surface area contributed by atoms with E-state index < -0.39 is 0 Å². The van der Waals surface area contributed by atoms with Crippen molar-refractivity contribution in [1.29, 1.82) is 0 Å². The van der Waals surface area contributed by atoms with Gasteiger partial charge in [0.2, 0.25) is 11.1 Å². The third-order valence-electron chi connectivity index (χ3n) is 4.34. The molecule has 0 radical (unpaired) electrons. The molecule has 1 heterocycles. The van der Waals surface area contributed by atoms with Gasteiger partial charge in [0.15, 0.2) is 5.82 Å². The van der Waals surface area contributed by atoms with Gasteiger partial charge in [-0.3, -0.25) is 9.89 Å². The van der Waals surface area contributed by atoms with Gasteiger partial charge in [0.05, 0.1) is 25.0 Å². The highest BCUT2D eigenvalue weighted by Gasteiger charge is 2.18. The molecule has 0 spiro atoms. The van der Waals surface area contributed by atoms with Crippen LogP contribution in [0.15, 0.2) is 53.7 Å². The quantitative estimate of drug-likeness (QED) is 0.524. The van der Waals surface area contributed by atoms with Gasteiger partial charge >= 0.3 is 0 Å². The highest BCUT2D eigenvalue weighted by molar-refractivity contribution is 8.00. The maximum absolute atomic E-state index is 12.4.